The Morgan fingerprint density at radius 3 is 2.48 bits per heavy atom. The van der Waals surface area contributed by atoms with Crippen molar-refractivity contribution >= 4 is 33.5 Å². The van der Waals surface area contributed by atoms with Crippen LogP contribution < -0.4 is 10.1 Å². The summed E-state index contributed by atoms with van der Waals surface area (Å²) in [5.74, 6) is -0.439. The summed E-state index contributed by atoms with van der Waals surface area (Å²) in [6, 6.07) is 12.1. The molecule has 0 aliphatic carbocycles. The number of hydrogen-bond acceptors (Lipinski definition) is 4. The highest BCUT2D eigenvalue weighted by Crippen LogP contribution is 2.25. The minimum Gasteiger partial charge on any atom is -0.495 e. The Bertz CT molecular complexity index is 713. The van der Waals surface area contributed by atoms with E-state index in [4.69, 9.17) is 9.47 Å². The predicted octanol–water partition coefficient (Wildman–Crippen LogP) is 3.56. The molecule has 0 saturated carbocycles. The minimum absolute atomic E-state index is 0.369. The number of amides is 1. The van der Waals surface area contributed by atoms with E-state index in [1.807, 2.05) is 13.0 Å². The van der Waals surface area contributed by atoms with Gasteiger partial charge in [0, 0.05) is 4.47 Å². The zero-order valence-corrected chi connectivity index (χ0v) is 14.3. The maximum atomic E-state index is 11.9. The molecule has 6 heteroatoms. The van der Waals surface area contributed by atoms with Crippen LogP contribution in [0.2, 0.25) is 0 Å². The van der Waals surface area contributed by atoms with Crippen LogP contribution in [0.4, 0.5) is 5.69 Å². The summed E-state index contributed by atoms with van der Waals surface area (Å²) < 4.78 is 11.0. The second-order valence-corrected chi connectivity index (χ2v) is 5.75. The second-order valence-electron chi connectivity index (χ2n) is 4.83. The summed E-state index contributed by atoms with van der Waals surface area (Å²) in [7, 11) is 1.52. The van der Waals surface area contributed by atoms with E-state index in [-0.39, 0.29) is 6.61 Å². The number of ether oxygens (including phenoxy) is 2. The van der Waals surface area contributed by atoms with Crippen molar-refractivity contribution in [2.24, 2.45) is 0 Å². The van der Waals surface area contributed by atoms with Crippen LogP contribution in [0.5, 0.6) is 5.75 Å². The maximum absolute atomic E-state index is 11.9. The van der Waals surface area contributed by atoms with Gasteiger partial charge in [-0.25, -0.2) is 4.79 Å². The van der Waals surface area contributed by atoms with Gasteiger partial charge in [-0.2, -0.15) is 0 Å². The number of hydrogen-bond donors (Lipinski definition) is 1. The van der Waals surface area contributed by atoms with Crippen LogP contribution in [-0.2, 0) is 9.53 Å². The van der Waals surface area contributed by atoms with Gasteiger partial charge in [-0.15, -0.1) is 0 Å². The van der Waals surface area contributed by atoms with Crippen molar-refractivity contribution in [1.82, 2.24) is 0 Å². The first-order valence-corrected chi connectivity index (χ1v) is 7.66. The molecule has 0 aromatic heterocycles. The lowest BCUT2D eigenvalue weighted by Gasteiger charge is -2.11. The summed E-state index contributed by atoms with van der Waals surface area (Å²) in [6.07, 6.45) is 0. The molecule has 0 bridgehead atoms. The lowest BCUT2D eigenvalue weighted by atomic mass is 10.2. The van der Waals surface area contributed by atoms with Crippen LogP contribution >= 0.6 is 15.9 Å². The van der Waals surface area contributed by atoms with Crippen molar-refractivity contribution < 1.29 is 19.1 Å². The topological polar surface area (TPSA) is 64.6 Å². The average Bonchev–Trinajstić information content (AvgIpc) is 2.53. The van der Waals surface area contributed by atoms with Crippen molar-refractivity contribution in [2.45, 2.75) is 6.92 Å². The van der Waals surface area contributed by atoms with Crippen LogP contribution in [0.25, 0.3) is 0 Å². The molecular weight excluding hydrogens is 362 g/mol. The number of esters is 1. The summed E-state index contributed by atoms with van der Waals surface area (Å²) >= 11 is 3.29. The Morgan fingerprint density at radius 1 is 1.13 bits per heavy atom. The molecule has 0 unspecified atom stereocenters. The van der Waals surface area contributed by atoms with Gasteiger partial charge < -0.3 is 14.8 Å². The third-order valence-electron chi connectivity index (χ3n) is 3.04. The fraction of sp³-hybridized carbons (Fsp3) is 0.176. The molecule has 0 radical (unpaired) electrons. The van der Waals surface area contributed by atoms with E-state index in [0.717, 1.165) is 10.0 Å². The number of carbonyl (C=O) groups is 2. The van der Waals surface area contributed by atoms with Crippen molar-refractivity contribution in [3.63, 3.8) is 0 Å². The number of benzene rings is 2. The van der Waals surface area contributed by atoms with Gasteiger partial charge in [-0.3, -0.25) is 4.79 Å². The van der Waals surface area contributed by atoms with E-state index < -0.39 is 11.9 Å². The van der Waals surface area contributed by atoms with Crippen molar-refractivity contribution in [2.75, 3.05) is 19.0 Å². The second kappa shape index (κ2) is 7.78. The van der Waals surface area contributed by atoms with E-state index >= 15 is 0 Å². The molecule has 1 amide bonds. The predicted molar refractivity (Wildman–Crippen MR) is 90.8 cm³/mol. The van der Waals surface area contributed by atoms with E-state index in [0.29, 0.717) is 17.0 Å². The monoisotopic (exact) mass is 377 g/mol. The Kier molecular flexibility index (Phi) is 5.76. The fourth-order valence-corrected chi connectivity index (χ4v) is 2.17. The van der Waals surface area contributed by atoms with Crippen molar-refractivity contribution in [1.29, 1.82) is 0 Å². The van der Waals surface area contributed by atoms with Crippen molar-refractivity contribution in [3.05, 3.63) is 58.1 Å². The molecule has 0 atom stereocenters. The van der Waals surface area contributed by atoms with Crippen LogP contribution in [-0.4, -0.2) is 25.6 Å². The van der Waals surface area contributed by atoms with Gasteiger partial charge in [0.1, 0.15) is 5.75 Å². The summed E-state index contributed by atoms with van der Waals surface area (Å²) in [5, 5.41) is 2.67. The first kappa shape index (κ1) is 17.0. The normalized spacial score (nSPS) is 10.0. The highest BCUT2D eigenvalue weighted by atomic mass is 79.9. The molecule has 0 aliphatic heterocycles. The zero-order chi connectivity index (χ0) is 16.8. The number of methoxy groups -OCH3 is 1. The number of anilines is 1. The molecule has 23 heavy (non-hydrogen) atoms. The molecular formula is C17H16BrNO4. The third-order valence-corrected chi connectivity index (χ3v) is 3.57. The van der Waals surface area contributed by atoms with Gasteiger partial charge in [0.2, 0.25) is 0 Å². The molecule has 0 fully saturated rings. The number of aryl methyl sites for hydroxylation is 1. The van der Waals surface area contributed by atoms with E-state index in [1.54, 1.807) is 36.4 Å². The largest absolute Gasteiger partial charge is 0.495 e. The van der Waals surface area contributed by atoms with Crippen molar-refractivity contribution in [3.8, 4) is 5.75 Å². The van der Waals surface area contributed by atoms with E-state index in [2.05, 4.69) is 21.2 Å². The van der Waals surface area contributed by atoms with Gasteiger partial charge in [0.15, 0.2) is 6.61 Å². The molecule has 5 nitrogen and oxygen atoms in total. The Balaban J connectivity index is 1.94. The first-order chi connectivity index (χ1) is 11.0. The highest BCUT2D eigenvalue weighted by molar-refractivity contribution is 9.10. The number of nitrogens with one attached hydrogen (secondary N) is 1. The molecule has 0 saturated heterocycles. The quantitative estimate of drug-likeness (QED) is 0.809. The lowest BCUT2D eigenvalue weighted by Crippen LogP contribution is -2.21. The van der Waals surface area contributed by atoms with Crippen LogP contribution in [0.15, 0.2) is 46.9 Å². The Morgan fingerprint density at radius 2 is 1.83 bits per heavy atom. The van der Waals surface area contributed by atoms with Gasteiger partial charge in [-0.1, -0.05) is 22.0 Å². The van der Waals surface area contributed by atoms with Gasteiger partial charge in [0.05, 0.1) is 18.4 Å². The summed E-state index contributed by atoms with van der Waals surface area (Å²) in [5.41, 5.74) is 1.90. The molecule has 2 aromatic carbocycles. The maximum Gasteiger partial charge on any atom is 0.338 e. The van der Waals surface area contributed by atoms with Gasteiger partial charge >= 0.3 is 5.97 Å². The average molecular weight is 378 g/mol. The fourth-order valence-electron chi connectivity index (χ4n) is 1.91. The molecule has 2 rings (SSSR count). The molecule has 0 heterocycles. The Hall–Kier alpha value is -2.34. The molecule has 120 valence electrons. The van der Waals surface area contributed by atoms with E-state index in [1.165, 1.54) is 7.11 Å². The standard InChI is InChI=1S/C17H16BrNO4/c1-11-3-8-15(22-2)14(9-11)19-16(20)10-23-17(21)12-4-6-13(18)7-5-12/h3-9H,10H2,1-2H3,(H,19,20). The van der Waals surface area contributed by atoms with Crippen LogP contribution in [0.3, 0.4) is 0 Å². The summed E-state index contributed by atoms with van der Waals surface area (Å²) in [4.78, 5) is 23.8. The molecule has 1 N–H and O–H groups in total. The number of rotatable bonds is 5. The smallest absolute Gasteiger partial charge is 0.338 e. The van der Waals surface area contributed by atoms with Gasteiger partial charge in [0.25, 0.3) is 5.91 Å². The number of halogens is 1. The van der Waals surface area contributed by atoms with E-state index in [9.17, 15) is 9.59 Å². The SMILES string of the molecule is COc1ccc(C)cc1NC(=O)COC(=O)c1ccc(Br)cc1. The van der Waals surface area contributed by atoms with Crippen LogP contribution in [0, 0.1) is 6.92 Å². The first-order valence-electron chi connectivity index (χ1n) is 6.87. The molecule has 0 aliphatic rings. The lowest BCUT2D eigenvalue weighted by molar-refractivity contribution is -0.119. The summed E-state index contributed by atoms with van der Waals surface area (Å²) in [6.45, 7) is 1.54. The minimum atomic E-state index is -0.552. The molecule has 2 aromatic rings. The third kappa shape index (κ3) is 4.82. The Labute approximate surface area is 142 Å². The van der Waals surface area contributed by atoms with Crippen LogP contribution in [0.1, 0.15) is 15.9 Å². The number of carbonyl (C=O) groups excluding carboxylic acids is 2. The molecule has 0 spiro atoms. The van der Waals surface area contributed by atoms with Gasteiger partial charge in [-0.05, 0) is 48.9 Å². The highest BCUT2D eigenvalue weighted by Gasteiger charge is 2.12. The zero-order valence-electron chi connectivity index (χ0n) is 12.8.